The number of fused-ring (bicyclic) bond motifs is 1. The molecule has 0 amide bonds. The minimum absolute atomic E-state index is 0.539. The first-order valence-electron chi connectivity index (χ1n) is 6.29. The third-order valence-electron chi connectivity index (χ3n) is 3.11. The lowest BCUT2D eigenvalue weighted by molar-refractivity contribution is 0.740. The number of benzene rings is 1. The SMILES string of the molecule is Cc1nc(Cn2c(CCCl)nc3c(Cl)cccc32)cs1. The maximum absolute atomic E-state index is 6.23. The second kappa shape index (κ2) is 5.72. The second-order valence-corrected chi connectivity index (χ2v) is 6.37. The molecule has 3 nitrogen and oxygen atoms in total. The van der Waals surface area contributed by atoms with Crippen LogP contribution in [-0.4, -0.2) is 20.4 Å². The standard InChI is InChI=1S/C14H13Cl2N3S/c1-9-17-10(8-20-9)7-19-12-4-2-3-11(16)14(12)18-13(19)5-6-15/h2-4,8H,5-7H2,1H3. The van der Waals surface area contributed by atoms with Crippen LogP contribution < -0.4 is 0 Å². The Kier molecular flexibility index (Phi) is 3.96. The number of hydrogen-bond donors (Lipinski definition) is 0. The van der Waals surface area contributed by atoms with Crippen LogP contribution in [0.1, 0.15) is 16.5 Å². The maximum Gasteiger partial charge on any atom is 0.111 e. The molecule has 3 aromatic rings. The molecular weight excluding hydrogens is 313 g/mol. The molecular formula is C14H13Cl2N3S. The van der Waals surface area contributed by atoms with Gasteiger partial charge in [-0.15, -0.1) is 22.9 Å². The van der Waals surface area contributed by atoms with Crippen molar-refractivity contribution in [1.29, 1.82) is 0 Å². The first-order chi connectivity index (χ1) is 9.69. The number of rotatable bonds is 4. The molecule has 1 aromatic carbocycles. The van der Waals surface area contributed by atoms with Crippen LogP contribution in [-0.2, 0) is 13.0 Å². The van der Waals surface area contributed by atoms with Gasteiger partial charge in [0, 0.05) is 17.7 Å². The largest absolute Gasteiger partial charge is 0.322 e. The molecule has 0 N–H and O–H groups in total. The molecule has 104 valence electrons. The molecule has 0 aliphatic carbocycles. The van der Waals surface area contributed by atoms with Gasteiger partial charge in [0.15, 0.2) is 0 Å². The van der Waals surface area contributed by atoms with Gasteiger partial charge in [0.1, 0.15) is 11.3 Å². The summed E-state index contributed by atoms with van der Waals surface area (Å²) in [7, 11) is 0. The predicted octanol–water partition coefficient (Wildman–Crippen LogP) is 4.28. The van der Waals surface area contributed by atoms with E-state index in [2.05, 4.69) is 19.9 Å². The third kappa shape index (κ3) is 2.55. The minimum Gasteiger partial charge on any atom is -0.322 e. The maximum atomic E-state index is 6.23. The average Bonchev–Trinajstić information content (AvgIpc) is 2.97. The molecule has 0 bridgehead atoms. The van der Waals surface area contributed by atoms with E-state index < -0.39 is 0 Å². The Morgan fingerprint density at radius 2 is 2.15 bits per heavy atom. The highest BCUT2D eigenvalue weighted by Crippen LogP contribution is 2.25. The third-order valence-corrected chi connectivity index (χ3v) is 4.43. The highest BCUT2D eigenvalue weighted by Gasteiger charge is 2.13. The summed E-state index contributed by atoms with van der Waals surface area (Å²) in [5, 5.41) is 3.82. The van der Waals surface area contributed by atoms with Gasteiger partial charge in [-0.3, -0.25) is 0 Å². The summed E-state index contributed by atoms with van der Waals surface area (Å²) in [4.78, 5) is 9.15. The normalized spacial score (nSPS) is 11.3. The Labute approximate surface area is 131 Å². The van der Waals surface area contributed by atoms with Crippen molar-refractivity contribution in [2.75, 3.05) is 5.88 Å². The van der Waals surface area contributed by atoms with Crippen LogP contribution in [0.4, 0.5) is 0 Å². The molecule has 0 unspecified atom stereocenters. The van der Waals surface area contributed by atoms with Crippen molar-refractivity contribution >= 4 is 45.6 Å². The van der Waals surface area contributed by atoms with Gasteiger partial charge in [-0.1, -0.05) is 17.7 Å². The Balaban J connectivity index is 2.11. The van der Waals surface area contributed by atoms with E-state index in [0.29, 0.717) is 17.4 Å². The van der Waals surface area contributed by atoms with E-state index in [9.17, 15) is 0 Å². The molecule has 0 aliphatic heterocycles. The van der Waals surface area contributed by atoms with E-state index in [-0.39, 0.29) is 0 Å². The molecule has 2 aromatic heterocycles. The Bertz CT molecular complexity index is 748. The highest BCUT2D eigenvalue weighted by molar-refractivity contribution is 7.09. The summed E-state index contributed by atoms with van der Waals surface area (Å²) in [5.41, 5.74) is 2.91. The number of alkyl halides is 1. The highest BCUT2D eigenvalue weighted by atomic mass is 35.5. The number of aromatic nitrogens is 3. The van der Waals surface area contributed by atoms with E-state index in [1.165, 1.54) is 0 Å². The zero-order valence-corrected chi connectivity index (χ0v) is 13.3. The van der Waals surface area contributed by atoms with Crippen LogP contribution in [0.3, 0.4) is 0 Å². The van der Waals surface area contributed by atoms with E-state index in [4.69, 9.17) is 23.2 Å². The lowest BCUT2D eigenvalue weighted by atomic mass is 10.3. The molecule has 0 saturated carbocycles. The van der Waals surface area contributed by atoms with E-state index in [1.807, 2.05) is 25.1 Å². The molecule has 0 spiro atoms. The topological polar surface area (TPSA) is 30.7 Å². The Morgan fingerprint density at radius 1 is 1.30 bits per heavy atom. The van der Waals surface area contributed by atoms with Crippen molar-refractivity contribution in [1.82, 2.24) is 14.5 Å². The number of halogens is 2. The zero-order chi connectivity index (χ0) is 14.1. The van der Waals surface area contributed by atoms with Crippen LogP contribution in [0.25, 0.3) is 11.0 Å². The number of thiazole rings is 1. The smallest absolute Gasteiger partial charge is 0.111 e. The first kappa shape index (κ1) is 13.9. The summed E-state index contributed by atoms with van der Waals surface area (Å²) in [6.07, 6.45) is 0.718. The fourth-order valence-electron chi connectivity index (χ4n) is 2.26. The fraction of sp³-hybridized carbons (Fsp3) is 0.286. The van der Waals surface area contributed by atoms with Crippen molar-refractivity contribution in [3.8, 4) is 0 Å². The predicted molar refractivity (Wildman–Crippen MR) is 85.1 cm³/mol. The van der Waals surface area contributed by atoms with Gasteiger partial charge in [0.2, 0.25) is 0 Å². The Hall–Kier alpha value is -1.10. The number of aryl methyl sites for hydroxylation is 2. The average molecular weight is 326 g/mol. The monoisotopic (exact) mass is 325 g/mol. The number of hydrogen-bond acceptors (Lipinski definition) is 3. The number of imidazole rings is 1. The molecule has 0 atom stereocenters. The molecule has 2 heterocycles. The van der Waals surface area contributed by atoms with Crippen LogP contribution >= 0.6 is 34.5 Å². The van der Waals surface area contributed by atoms with Gasteiger partial charge >= 0.3 is 0 Å². The number of nitrogens with zero attached hydrogens (tertiary/aromatic N) is 3. The van der Waals surface area contributed by atoms with Crippen molar-refractivity contribution in [3.63, 3.8) is 0 Å². The molecule has 0 radical (unpaired) electrons. The second-order valence-electron chi connectivity index (χ2n) is 4.52. The van der Waals surface area contributed by atoms with Gasteiger partial charge < -0.3 is 4.57 Å². The Morgan fingerprint density at radius 3 is 2.85 bits per heavy atom. The summed E-state index contributed by atoms with van der Waals surface area (Å²) in [5.74, 6) is 1.49. The summed E-state index contributed by atoms with van der Waals surface area (Å²) < 4.78 is 2.15. The molecule has 0 aliphatic rings. The molecule has 0 saturated heterocycles. The van der Waals surface area contributed by atoms with Gasteiger partial charge in [-0.05, 0) is 19.1 Å². The summed E-state index contributed by atoms with van der Waals surface area (Å²) >= 11 is 13.8. The van der Waals surface area contributed by atoms with E-state index in [0.717, 1.165) is 34.0 Å². The number of para-hydroxylation sites is 1. The van der Waals surface area contributed by atoms with Crippen LogP contribution in [0, 0.1) is 6.92 Å². The lowest BCUT2D eigenvalue weighted by Gasteiger charge is -2.06. The molecule has 20 heavy (non-hydrogen) atoms. The molecule has 3 rings (SSSR count). The summed E-state index contributed by atoms with van der Waals surface area (Å²) in [6, 6.07) is 5.84. The van der Waals surface area contributed by atoms with Crippen LogP contribution in [0.2, 0.25) is 5.02 Å². The van der Waals surface area contributed by atoms with Gasteiger partial charge in [0.05, 0.1) is 27.8 Å². The van der Waals surface area contributed by atoms with Gasteiger partial charge in [0.25, 0.3) is 0 Å². The fourth-order valence-corrected chi connectivity index (χ4v) is 3.24. The lowest BCUT2D eigenvalue weighted by Crippen LogP contribution is -2.06. The van der Waals surface area contributed by atoms with Gasteiger partial charge in [-0.2, -0.15) is 0 Å². The van der Waals surface area contributed by atoms with Crippen molar-refractivity contribution in [2.45, 2.75) is 19.9 Å². The van der Waals surface area contributed by atoms with Crippen LogP contribution in [0.5, 0.6) is 0 Å². The molecule has 0 fully saturated rings. The van der Waals surface area contributed by atoms with E-state index >= 15 is 0 Å². The zero-order valence-electron chi connectivity index (χ0n) is 10.9. The van der Waals surface area contributed by atoms with Crippen molar-refractivity contribution in [3.05, 3.63) is 45.1 Å². The summed E-state index contributed by atoms with van der Waals surface area (Å²) in [6.45, 7) is 2.71. The quantitative estimate of drug-likeness (QED) is 0.670. The molecule has 6 heteroatoms. The van der Waals surface area contributed by atoms with Crippen LogP contribution in [0.15, 0.2) is 23.6 Å². The van der Waals surface area contributed by atoms with Gasteiger partial charge in [-0.25, -0.2) is 9.97 Å². The van der Waals surface area contributed by atoms with Crippen molar-refractivity contribution < 1.29 is 0 Å². The minimum atomic E-state index is 0.539. The van der Waals surface area contributed by atoms with E-state index in [1.54, 1.807) is 11.3 Å². The first-order valence-corrected chi connectivity index (χ1v) is 8.09. The van der Waals surface area contributed by atoms with Crippen molar-refractivity contribution in [2.24, 2.45) is 0 Å².